The molecule has 0 fully saturated rings. The largest absolute Gasteiger partial charge is 0.466 e. The topological polar surface area (TPSA) is 113 Å². The molecule has 0 heterocycles. The maximum absolute atomic E-state index is 12.6. The van der Waals surface area contributed by atoms with E-state index in [-0.39, 0.29) is 31.1 Å². The van der Waals surface area contributed by atoms with Crippen LogP contribution in [0, 0.1) is 0 Å². The number of hydrogen-bond acceptors (Lipinski definition) is 10. The van der Waals surface area contributed by atoms with Gasteiger partial charge in [0, 0.05) is 45.9 Å². The van der Waals surface area contributed by atoms with Gasteiger partial charge >= 0.3 is 11.9 Å². The second-order valence-electron chi connectivity index (χ2n) is 19.0. The molecular weight excluding hydrogens is 831 g/mol. The van der Waals surface area contributed by atoms with Gasteiger partial charge in [0.05, 0.1) is 26.1 Å². The fourth-order valence-corrected chi connectivity index (χ4v) is 8.17. The third-order valence-corrected chi connectivity index (χ3v) is 12.5. The average Bonchev–Trinajstić information content (AvgIpc) is 3.32. The van der Waals surface area contributed by atoms with Crippen molar-refractivity contribution in [2.45, 2.75) is 284 Å². The number of ether oxygens (including phenoxy) is 6. The van der Waals surface area contributed by atoms with Crippen molar-refractivity contribution in [3.63, 3.8) is 0 Å². The van der Waals surface area contributed by atoms with Gasteiger partial charge in [0.2, 0.25) is 0 Å². The molecule has 10 nitrogen and oxygen atoms in total. The van der Waals surface area contributed by atoms with Crippen molar-refractivity contribution < 1.29 is 43.1 Å². The van der Waals surface area contributed by atoms with E-state index >= 15 is 0 Å². The number of aliphatic hydroxyl groups is 1. The van der Waals surface area contributed by atoms with Gasteiger partial charge in [0.15, 0.2) is 12.6 Å². The fourth-order valence-electron chi connectivity index (χ4n) is 8.17. The number of carbonyl (C=O) groups excluding carboxylic acids is 2. The molecule has 0 aromatic heterocycles. The highest BCUT2D eigenvalue weighted by atomic mass is 16.7. The Morgan fingerprint density at radius 2 is 0.606 bits per heavy atom. The fraction of sp³-hybridized carbons (Fsp3) is 0.964. The Kier molecular flexibility index (Phi) is 53.6. The molecule has 66 heavy (non-hydrogen) atoms. The van der Waals surface area contributed by atoms with Crippen molar-refractivity contribution in [3.8, 4) is 0 Å². The number of aliphatic hydroxyl groups excluding tert-OH is 1. The van der Waals surface area contributed by atoms with Crippen molar-refractivity contribution in [3.05, 3.63) is 0 Å². The van der Waals surface area contributed by atoms with E-state index in [1.165, 1.54) is 128 Å². The lowest BCUT2D eigenvalue weighted by Gasteiger charge is -2.22. The Balaban J connectivity index is 4.35. The Bertz CT molecular complexity index is 866. The van der Waals surface area contributed by atoms with Gasteiger partial charge in [-0.25, -0.2) is 0 Å². The van der Waals surface area contributed by atoms with Crippen molar-refractivity contribution in [2.75, 3.05) is 65.9 Å². The average molecular weight is 943 g/mol. The van der Waals surface area contributed by atoms with E-state index in [2.05, 4.69) is 32.6 Å². The van der Waals surface area contributed by atoms with Crippen LogP contribution in [0.2, 0.25) is 0 Å². The number of esters is 2. The summed E-state index contributed by atoms with van der Waals surface area (Å²) in [5, 5.41) is 9.35. The number of rotatable bonds is 56. The minimum atomic E-state index is -0.331. The Morgan fingerprint density at radius 1 is 0.348 bits per heavy atom. The summed E-state index contributed by atoms with van der Waals surface area (Å²) in [5.74, 6) is -0.312. The molecule has 0 saturated heterocycles. The minimum absolute atomic E-state index is 0.156. The predicted octanol–water partition coefficient (Wildman–Crippen LogP) is 15.0. The molecule has 0 aliphatic rings. The molecule has 0 aromatic rings. The Labute approximate surface area is 408 Å². The van der Waals surface area contributed by atoms with Gasteiger partial charge in [-0.3, -0.25) is 9.59 Å². The highest BCUT2D eigenvalue weighted by molar-refractivity contribution is 5.69. The molecule has 0 atom stereocenters. The number of unbranched alkanes of at least 4 members (excludes halogenated alkanes) is 27. The summed E-state index contributed by atoms with van der Waals surface area (Å²) < 4.78 is 35.6. The summed E-state index contributed by atoms with van der Waals surface area (Å²) in [6.45, 7) is 16.0. The monoisotopic (exact) mass is 942 g/mol. The van der Waals surface area contributed by atoms with Crippen molar-refractivity contribution in [1.82, 2.24) is 4.90 Å². The molecular formula is C56H111NO9. The SMILES string of the molecule is CCCCCCCCOC(CCC(=O)OCCCCCCN(CCCCO)CCCCCCOC(=O)CCC(OCCCCCCCC)OCCCCCCCC)OCCCCCCCC. The standard InChI is InChI=1S/C56H111NO9/c1-5-9-13-17-23-35-49-63-55(64-50-36-24-18-14-10-6-2)41-39-53(59)61-47-33-27-21-29-43-57(45-31-32-46-58)44-30-22-28-34-48-62-54(60)40-42-56(65-51-37-25-19-15-11-7-3)66-52-38-26-20-16-12-8-4/h55-56,58H,5-52H2,1-4H3. The first kappa shape index (κ1) is 64.7. The third-order valence-electron chi connectivity index (χ3n) is 12.5. The van der Waals surface area contributed by atoms with Crippen LogP contribution in [0.1, 0.15) is 272 Å². The van der Waals surface area contributed by atoms with Crippen LogP contribution in [0.4, 0.5) is 0 Å². The van der Waals surface area contributed by atoms with Crippen LogP contribution in [-0.2, 0) is 38.0 Å². The molecule has 0 rings (SSSR count). The number of nitrogens with zero attached hydrogens (tertiary/aromatic N) is 1. The van der Waals surface area contributed by atoms with Crippen LogP contribution in [0.3, 0.4) is 0 Å². The van der Waals surface area contributed by atoms with Crippen LogP contribution in [0.25, 0.3) is 0 Å². The summed E-state index contributed by atoms with van der Waals surface area (Å²) in [4.78, 5) is 27.8. The first-order valence-corrected chi connectivity index (χ1v) is 28.6. The lowest BCUT2D eigenvalue weighted by Crippen LogP contribution is -2.27. The van der Waals surface area contributed by atoms with Gasteiger partial charge in [-0.2, -0.15) is 0 Å². The molecule has 0 bridgehead atoms. The summed E-state index contributed by atoms with van der Waals surface area (Å²) in [6.07, 6.45) is 40.6. The van der Waals surface area contributed by atoms with Gasteiger partial charge in [0.25, 0.3) is 0 Å². The van der Waals surface area contributed by atoms with E-state index in [1.807, 2.05) is 0 Å². The molecule has 394 valence electrons. The van der Waals surface area contributed by atoms with Gasteiger partial charge in [-0.15, -0.1) is 0 Å². The zero-order chi connectivity index (χ0) is 48.1. The predicted molar refractivity (Wildman–Crippen MR) is 275 cm³/mol. The highest BCUT2D eigenvalue weighted by Gasteiger charge is 2.15. The van der Waals surface area contributed by atoms with Crippen molar-refractivity contribution in [2.24, 2.45) is 0 Å². The summed E-state index contributed by atoms with van der Waals surface area (Å²) >= 11 is 0. The zero-order valence-corrected chi connectivity index (χ0v) is 44.3. The smallest absolute Gasteiger partial charge is 0.305 e. The van der Waals surface area contributed by atoms with Gasteiger partial charge in [0.1, 0.15) is 0 Å². The summed E-state index contributed by atoms with van der Waals surface area (Å²) in [5.41, 5.74) is 0. The van der Waals surface area contributed by atoms with Crippen LogP contribution in [-0.4, -0.2) is 100 Å². The maximum Gasteiger partial charge on any atom is 0.305 e. The Hall–Kier alpha value is -1.30. The zero-order valence-electron chi connectivity index (χ0n) is 44.3. The number of hydrogen-bond donors (Lipinski definition) is 1. The van der Waals surface area contributed by atoms with Crippen LogP contribution < -0.4 is 0 Å². The van der Waals surface area contributed by atoms with Crippen LogP contribution >= 0.6 is 0 Å². The van der Waals surface area contributed by atoms with Crippen LogP contribution in [0.5, 0.6) is 0 Å². The molecule has 0 unspecified atom stereocenters. The molecule has 0 aromatic carbocycles. The lowest BCUT2D eigenvalue weighted by molar-refractivity contribution is -0.159. The molecule has 0 saturated carbocycles. The second-order valence-corrected chi connectivity index (χ2v) is 19.0. The van der Waals surface area contributed by atoms with Crippen LogP contribution in [0.15, 0.2) is 0 Å². The van der Waals surface area contributed by atoms with E-state index in [0.29, 0.717) is 65.3 Å². The van der Waals surface area contributed by atoms with E-state index in [1.54, 1.807) is 0 Å². The summed E-state index contributed by atoms with van der Waals surface area (Å²) in [7, 11) is 0. The summed E-state index contributed by atoms with van der Waals surface area (Å²) in [6, 6.07) is 0. The normalized spacial score (nSPS) is 11.8. The molecule has 0 amide bonds. The quantitative estimate of drug-likeness (QED) is 0.0359. The maximum atomic E-state index is 12.6. The molecule has 0 aliphatic carbocycles. The third kappa shape index (κ3) is 49.1. The van der Waals surface area contributed by atoms with E-state index in [4.69, 9.17) is 28.4 Å². The lowest BCUT2D eigenvalue weighted by atomic mass is 10.1. The molecule has 0 radical (unpaired) electrons. The minimum Gasteiger partial charge on any atom is -0.466 e. The van der Waals surface area contributed by atoms with Gasteiger partial charge in [-0.05, 0) is 83.8 Å². The van der Waals surface area contributed by atoms with Crippen molar-refractivity contribution >= 4 is 11.9 Å². The van der Waals surface area contributed by atoms with Gasteiger partial charge < -0.3 is 38.4 Å². The van der Waals surface area contributed by atoms with Crippen molar-refractivity contribution in [1.29, 1.82) is 0 Å². The molecule has 0 spiro atoms. The van der Waals surface area contributed by atoms with E-state index in [9.17, 15) is 14.7 Å². The molecule has 1 N–H and O–H groups in total. The van der Waals surface area contributed by atoms with E-state index < -0.39 is 0 Å². The first-order chi connectivity index (χ1) is 32.5. The molecule has 0 aliphatic heterocycles. The van der Waals surface area contributed by atoms with E-state index in [0.717, 1.165) is 110 Å². The molecule has 10 heteroatoms. The Morgan fingerprint density at radius 3 is 0.909 bits per heavy atom. The second kappa shape index (κ2) is 54.6. The first-order valence-electron chi connectivity index (χ1n) is 28.6. The number of carbonyl (C=O) groups is 2. The van der Waals surface area contributed by atoms with Gasteiger partial charge in [-0.1, -0.05) is 182 Å². The highest BCUT2D eigenvalue weighted by Crippen LogP contribution is 2.15.